The summed E-state index contributed by atoms with van der Waals surface area (Å²) in [6.45, 7) is 0. The minimum atomic E-state index is -0.364. The van der Waals surface area contributed by atoms with Crippen molar-refractivity contribution >= 4 is 44.2 Å². The van der Waals surface area contributed by atoms with Crippen molar-refractivity contribution in [2.24, 2.45) is 0 Å². The maximum atomic E-state index is 11.6. The van der Waals surface area contributed by atoms with Gasteiger partial charge in [-0.05, 0) is 12.1 Å². The Bertz CT molecular complexity index is 685. The zero-order chi connectivity index (χ0) is 12.0. The molecule has 1 aromatic heterocycles. The SMILES string of the molecule is O=C1C=C(c2c[nH]c3cc(Br)ccc23)C(=O)N1. The van der Waals surface area contributed by atoms with Crippen molar-refractivity contribution in [1.82, 2.24) is 10.3 Å². The normalized spacial score (nSPS) is 15.2. The third kappa shape index (κ3) is 1.59. The number of benzene rings is 1. The number of H-pyrrole nitrogens is 1. The molecular formula is C12H7BrN2O2. The second-order valence-corrected chi connectivity index (χ2v) is 4.68. The zero-order valence-corrected chi connectivity index (χ0v) is 10.2. The quantitative estimate of drug-likeness (QED) is 0.789. The van der Waals surface area contributed by atoms with Crippen LogP contribution in [-0.4, -0.2) is 16.8 Å². The molecule has 0 radical (unpaired) electrons. The largest absolute Gasteiger partial charge is 0.361 e. The molecule has 1 aromatic carbocycles. The summed E-state index contributed by atoms with van der Waals surface area (Å²) >= 11 is 3.38. The Balaban J connectivity index is 2.22. The summed E-state index contributed by atoms with van der Waals surface area (Å²) in [5, 5.41) is 3.16. The van der Waals surface area contributed by atoms with Gasteiger partial charge in [0.1, 0.15) is 0 Å². The van der Waals surface area contributed by atoms with Crippen LogP contribution in [0.1, 0.15) is 5.56 Å². The van der Waals surface area contributed by atoms with Gasteiger partial charge in [0.05, 0.1) is 5.57 Å². The number of carbonyl (C=O) groups is 2. The highest BCUT2D eigenvalue weighted by molar-refractivity contribution is 9.10. The van der Waals surface area contributed by atoms with Gasteiger partial charge in [0, 0.05) is 33.2 Å². The van der Waals surface area contributed by atoms with E-state index in [-0.39, 0.29) is 11.8 Å². The fraction of sp³-hybridized carbons (Fsp3) is 0. The predicted octanol–water partition coefficient (Wildman–Crippen LogP) is 1.97. The molecule has 17 heavy (non-hydrogen) atoms. The Morgan fingerprint density at radius 1 is 1.18 bits per heavy atom. The molecule has 1 aliphatic heterocycles. The van der Waals surface area contributed by atoms with Crippen LogP contribution in [0, 0.1) is 0 Å². The fourth-order valence-electron chi connectivity index (χ4n) is 1.93. The molecule has 84 valence electrons. The van der Waals surface area contributed by atoms with Gasteiger partial charge in [0.15, 0.2) is 0 Å². The van der Waals surface area contributed by atoms with E-state index in [4.69, 9.17) is 0 Å². The maximum Gasteiger partial charge on any atom is 0.258 e. The van der Waals surface area contributed by atoms with Gasteiger partial charge in [-0.1, -0.05) is 22.0 Å². The van der Waals surface area contributed by atoms with E-state index < -0.39 is 0 Å². The lowest BCUT2D eigenvalue weighted by Crippen LogP contribution is -2.21. The summed E-state index contributed by atoms with van der Waals surface area (Å²) in [7, 11) is 0. The maximum absolute atomic E-state index is 11.6. The number of rotatable bonds is 1. The Hall–Kier alpha value is -1.88. The van der Waals surface area contributed by atoms with Gasteiger partial charge in [-0.25, -0.2) is 0 Å². The van der Waals surface area contributed by atoms with Crippen LogP contribution in [0.3, 0.4) is 0 Å². The minimum Gasteiger partial charge on any atom is -0.361 e. The smallest absolute Gasteiger partial charge is 0.258 e. The number of nitrogens with one attached hydrogen (secondary N) is 2. The molecule has 0 spiro atoms. The molecule has 4 nitrogen and oxygen atoms in total. The van der Waals surface area contributed by atoms with Crippen molar-refractivity contribution in [3.63, 3.8) is 0 Å². The van der Waals surface area contributed by atoms with E-state index in [0.717, 1.165) is 20.9 Å². The topological polar surface area (TPSA) is 62.0 Å². The molecule has 2 heterocycles. The Morgan fingerprint density at radius 2 is 2.00 bits per heavy atom. The lowest BCUT2D eigenvalue weighted by atomic mass is 10.1. The number of imide groups is 1. The number of carbonyl (C=O) groups excluding carboxylic acids is 2. The first-order chi connectivity index (χ1) is 8.15. The molecule has 0 aliphatic carbocycles. The standard InChI is InChI=1S/C12H7BrN2O2/c13-6-1-2-7-9(5-14-10(7)3-6)8-4-11(16)15-12(8)17/h1-5,14H,(H,15,16,17). The van der Waals surface area contributed by atoms with Gasteiger partial charge < -0.3 is 4.98 Å². The third-order valence-electron chi connectivity index (χ3n) is 2.69. The number of aromatic amines is 1. The molecule has 0 atom stereocenters. The number of amides is 2. The van der Waals surface area contributed by atoms with Gasteiger partial charge in [0.25, 0.3) is 11.8 Å². The van der Waals surface area contributed by atoms with Gasteiger partial charge in [-0.2, -0.15) is 0 Å². The van der Waals surface area contributed by atoms with Gasteiger partial charge >= 0.3 is 0 Å². The first-order valence-electron chi connectivity index (χ1n) is 4.99. The van der Waals surface area contributed by atoms with E-state index in [1.54, 1.807) is 6.20 Å². The molecule has 2 aromatic rings. The Morgan fingerprint density at radius 3 is 2.71 bits per heavy atom. The van der Waals surface area contributed by atoms with E-state index in [1.807, 2.05) is 18.2 Å². The van der Waals surface area contributed by atoms with E-state index in [1.165, 1.54) is 6.08 Å². The predicted molar refractivity (Wildman–Crippen MR) is 67.1 cm³/mol. The van der Waals surface area contributed by atoms with Crippen molar-refractivity contribution in [2.75, 3.05) is 0 Å². The van der Waals surface area contributed by atoms with Gasteiger partial charge in [-0.15, -0.1) is 0 Å². The van der Waals surface area contributed by atoms with Crippen molar-refractivity contribution in [1.29, 1.82) is 0 Å². The summed E-state index contributed by atoms with van der Waals surface area (Å²) in [4.78, 5) is 25.8. The third-order valence-corrected chi connectivity index (χ3v) is 3.18. The second kappa shape index (κ2) is 3.56. The molecule has 0 bridgehead atoms. The first-order valence-corrected chi connectivity index (χ1v) is 5.78. The van der Waals surface area contributed by atoms with Crippen LogP contribution < -0.4 is 5.32 Å². The number of hydrogen-bond acceptors (Lipinski definition) is 2. The van der Waals surface area contributed by atoms with Crippen LogP contribution >= 0.6 is 15.9 Å². The van der Waals surface area contributed by atoms with E-state index >= 15 is 0 Å². The van der Waals surface area contributed by atoms with Crippen molar-refractivity contribution in [3.8, 4) is 0 Å². The zero-order valence-electron chi connectivity index (χ0n) is 8.58. The van der Waals surface area contributed by atoms with Crippen molar-refractivity contribution < 1.29 is 9.59 Å². The number of halogens is 1. The van der Waals surface area contributed by atoms with Gasteiger partial charge in [0.2, 0.25) is 0 Å². The van der Waals surface area contributed by atoms with Gasteiger partial charge in [-0.3, -0.25) is 14.9 Å². The highest BCUT2D eigenvalue weighted by Crippen LogP contribution is 2.28. The van der Waals surface area contributed by atoms with Crippen LogP contribution in [-0.2, 0) is 9.59 Å². The highest BCUT2D eigenvalue weighted by atomic mass is 79.9. The van der Waals surface area contributed by atoms with E-state index in [0.29, 0.717) is 5.57 Å². The van der Waals surface area contributed by atoms with Crippen LogP contribution in [0.5, 0.6) is 0 Å². The van der Waals surface area contributed by atoms with E-state index in [9.17, 15) is 9.59 Å². The number of hydrogen-bond donors (Lipinski definition) is 2. The molecule has 0 saturated heterocycles. The summed E-state index contributed by atoms with van der Waals surface area (Å²) in [5.41, 5.74) is 2.07. The van der Waals surface area contributed by atoms with Crippen LogP contribution in [0.15, 0.2) is 34.9 Å². The van der Waals surface area contributed by atoms with E-state index in [2.05, 4.69) is 26.2 Å². The first kappa shape index (κ1) is 10.3. The monoisotopic (exact) mass is 290 g/mol. The summed E-state index contributed by atoms with van der Waals surface area (Å²) in [6.07, 6.45) is 3.06. The lowest BCUT2D eigenvalue weighted by molar-refractivity contribution is -0.123. The lowest BCUT2D eigenvalue weighted by Gasteiger charge is -1.98. The molecule has 5 heteroatoms. The summed E-state index contributed by atoms with van der Waals surface area (Å²) in [6, 6.07) is 5.73. The molecular weight excluding hydrogens is 284 g/mol. The molecule has 2 amide bonds. The van der Waals surface area contributed by atoms with Crippen LogP contribution in [0.25, 0.3) is 16.5 Å². The highest BCUT2D eigenvalue weighted by Gasteiger charge is 2.24. The molecule has 0 fully saturated rings. The van der Waals surface area contributed by atoms with Crippen LogP contribution in [0.2, 0.25) is 0 Å². The minimum absolute atomic E-state index is 0.348. The summed E-state index contributed by atoms with van der Waals surface area (Å²) in [5.74, 6) is -0.713. The average molecular weight is 291 g/mol. The number of fused-ring (bicyclic) bond motifs is 1. The fourth-order valence-corrected chi connectivity index (χ4v) is 2.29. The Labute approximate surface area is 105 Å². The Kier molecular flexibility index (Phi) is 2.16. The second-order valence-electron chi connectivity index (χ2n) is 3.77. The molecule has 1 aliphatic rings. The summed E-state index contributed by atoms with van der Waals surface area (Å²) < 4.78 is 0.958. The molecule has 2 N–H and O–H groups in total. The molecule has 0 saturated carbocycles. The molecule has 0 unspecified atom stereocenters. The average Bonchev–Trinajstić information content (AvgIpc) is 2.81. The van der Waals surface area contributed by atoms with Crippen LogP contribution in [0.4, 0.5) is 0 Å². The molecule has 3 rings (SSSR count). The van der Waals surface area contributed by atoms with Crippen molar-refractivity contribution in [3.05, 3.63) is 40.5 Å². The number of aromatic nitrogens is 1. The van der Waals surface area contributed by atoms with Crippen molar-refractivity contribution in [2.45, 2.75) is 0 Å².